The van der Waals surface area contributed by atoms with Gasteiger partial charge in [-0.15, -0.1) is 0 Å². The lowest BCUT2D eigenvalue weighted by molar-refractivity contribution is -0.132. The number of carboxylic acids is 1. The van der Waals surface area contributed by atoms with Crippen molar-refractivity contribution in [2.24, 2.45) is 0 Å². The van der Waals surface area contributed by atoms with Crippen molar-refractivity contribution in [2.75, 3.05) is 0 Å². The molecule has 4 N–H and O–H groups in total. The van der Waals surface area contributed by atoms with Crippen molar-refractivity contribution >= 4 is 11.8 Å². The van der Waals surface area contributed by atoms with E-state index in [4.69, 9.17) is 5.11 Å². The van der Waals surface area contributed by atoms with Crippen LogP contribution in [0.4, 0.5) is 0 Å². The van der Waals surface area contributed by atoms with Crippen LogP contribution in [0.15, 0.2) is 36.4 Å². The number of hydrogen-bond acceptors (Lipinski definition) is 3. The van der Waals surface area contributed by atoms with Crippen molar-refractivity contribution in [2.45, 2.75) is 18.8 Å². The number of hydrogen-bond donors (Lipinski definition) is 2. The van der Waals surface area contributed by atoms with E-state index in [9.17, 15) is 9.59 Å². The standard InChI is InChI=1S/C13H12O3.H3N/c1-8(13(15)16)12(14)11-5-3-2-4-10(11)9-6-7-9;/h2-5,9H,1,6-7H2,(H,15,16);1H3. The average molecular weight is 233 g/mol. The quantitative estimate of drug-likeness (QED) is 0.362. The minimum atomic E-state index is -1.25. The second-order valence-corrected chi connectivity index (χ2v) is 3.97. The third-order valence-corrected chi connectivity index (χ3v) is 2.75. The third kappa shape index (κ3) is 2.60. The summed E-state index contributed by atoms with van der Waals surface area (Å²) in [5.41, 5.74) is 1.07. The fourth-order valence-electron chi connectivity index (χ4n) is 1.71. The Morgan fingerprint density at radius 3 is 2.35 bits per heavy atom. The molecule has 2 rings (SSSR count). The Morgan fingerprint density at radius 2 is 1.82 bits per heavy atom. The van der Waals surface area contributed by atoms with E-state index in [0.717, 1.165) is 18.4 Å². The van der Waals surface area contributed by atoms with Gasteiger partial charge in [-0.25, -0.2) is 4.79 Å². The van der Waals surface area contributed by atoms with Gasteiger partial charge in [0.1, 0.15) is 5.57 Å². The molecule has 1 aliphatic rings. The summed E-state index contributed by atoms with van der Waals surface area (Å²) < 4.78 is 0. The van der Waals surface area contributed by atoms with Gasteiger partial charge in [0.2, 0.25) is 0 Å². The van der Waals surface area contributed by atoms with Gasteiger partial charge in [-0.2, -0.15) is 0 Å². The van der Waals surface area contributed by atoms with Crippen molar-refractivity contribution in [1.82, 2.24) is 6.15 Å². The van der Waals surface area contributed by atoms with Crippen LogP contribution in [0.3, 0.4) is 0 Å². The summed E-state index contributed by atoms with van der Waals surface area (Å²) in [6.45, 7) is 3.30. The van der Waals surface area contributed by atoms with Gasteiger partial charge in [-0.05, 0) is 24.3 Å². The molecule has 0 aromatic heterocycles. The molecule has 0 atom stereocenters. The maximum Gasteiger partial charge on any atom is 0.339 e. The minimum Gasteiger partial charge on any atom is -0.478 e. The summed E-state index contributed by atoms with van der Waals surface area (Å²) in [7, 11) is 0. The van der Waals surface area contributed by atoms with Gasteiger partial charge in [0.25, 0.3) is 0 Å². The van der Waals surface area contributed by atoms with Crippen LogP contribution in [0, 0.1) is 0 Å². The summed E-state index contributed by atoms with van der Waals surface area (Å²) in [4.78, 5) is 22.5. The molecule has 0 unspecified atom stereocenters. The van der Waals surface area contributed by atoms with Crippen LogP contribution in [0.2, 0.25) is 0 Å². The molecule has 0 spiro atoms. The Morgan fingerprint density at radius 1 is 1.24 bits per heavy atom. The lowest BCUT2D eigenvalue weighted by Crippen LogP contribution is -2.12. The first kappa shape index (κ1) is 13.1. The van der Waals surface area contributed by atoms with Gasteiger partial charge < -0.3 is 11.3 Å². The molecule has 0 radical (unpaired) electrons. The number of carbonyl (C=O) groups excluding carboxylic acids is 1. The number of ketones is 1. The lowest BCUT2D eigenvalue weighted by Gasteiger charge is -2.06. The Hall–Kier alpha value is -1.94. The molecule has 0 heterocycles. The Bertz CT molecular complexity index is 475. The molecule has 0 amide bonds. The van der Waals surface area contributed by atoms with Crippen LogP contribution >= 0.6 is 0 Å². The van der Waals surface area contributed by atoms with E-state index in [2.05, 4.69) is 6.58 Å². The highest BCUT2D eigenvalue weighted by atomic mass is 16.4. The second-order valence-electron chi connectivity index (χ2n) is 3.97. The van der Waals surface area contributed by atoms with Gasteiger partial charge in [-0.3, -0.25) is 4.79 Å². The zero-order valence-electron chi connectivity index (χ0n) is 9.48. The van der Waals surface area contributed by atoms with E-state index < -0.39 is 11.8 Å². The van der Waals surface area contributed by atoms with Gasteiger partial charge in [-0.1, -0.05) is 30.8 Å². The monoisotopic (exact) mass is 233 g/mol. The maximum absolute atomic E-state index is 11.9. The number of carbonyl (C=O) groups is 2. The SMILES string of the molecule is C=C(C(=O)O)C(=O)c1ccccc1C1CC1.N. The van der Waals surface area contributed by atoms with E-state index in [1.807, 2.05) is 12.1 Å². The highest BCUT2D eigenvalue weighted by molar-refractivity contribution is 6.23. The van der Waals surface area contributed by atoms with Crippen LogP contribution in [0.25, 0.3) is 0 Å². The number of benzene rings is 1. The topological polar surface area (TPSA) is 89.4 Å². The van der Waals surface area contributed by atoms with E-state index in [1.54, 1.807) is 12.1 Å². The molecule has 1 aromatic carbocycles. The van der Waals surface area contributed by atoms with E-state index in [-0.39, 0.29) is 11.7 Å². The van der Waals surface area contributed by atoms with Crippen LogP contribution in [0.5, 0.6) is 0 Å². The van der Waals surface area contributed by atoms with Crippen LogP contribution in [-0.2, 0) is 4.79 Å². The second kappa shape index (κ2) is 4.93. The summed E-state index contributed by atoms with van der Waals surface area (Å²) in [6, 6.07) is 7.17. The Labute approximate surface area is 99.5 Å². The lowest BCUT2D eigenvalue weighted by atomic mass is 9.96. The first-order chi connectivity index (χ1) is 7.61. The fourth-order valence-corrected chi connectivity index (χ4v) is 1.71. The van der Waals surface area contributed by atoms with Gasteiger partial charge >= 0.3 is 5.97 Å². The Kier molecular flexibility index (Phi) is 3.81. The van der Waals surface area contributed by atoms with Crippen LogP contribution in [0.1, 0.15) is 34.7 Å². The minimum absolute atomic E-state index is 0. The third-order valence-electron chi connectivity index (χ3n) is 2.75. The zero-order chi connectivity index (χ0) is 11.7. The van der Waals surface area contributed by atoms with E-state index in [0.29, 0.717) is 11.5 Å². The highest BCUT2D eigenvalue weighted by Crippen LogP contribution is 2.41. The van der Waals surface area contributed by atoms with Crippen molar-refractivity contribution in [1.29, 1.82) is 0 Å². The molecule has 0 bridgehead atoms. The molecule has 1 aliphatic carbocycles. The molecule has 4 heteroatoms. The molecular weight excluding hydrogens is 218 g/mol. The van der Waals surface area contributed by atoms with Crippen molar-refractivity contribution in [3.05, 3.63) is 47.5 Å². The zero-order valence-corrected chi connectivity index (χ0v) is 9.48. The van der Waals surface area contributed by atoms with Crippen molar-refractivity contribution in [3.8, 4) is 0 Å². The maximum atomic E-state index is 11.9. The molecular formula is C13H15NO3. The number of rotatable bonds is 4. The molecule has 0 aliphatic heterocycles. The predicted molar refractivity (Wildman–Crippen MR) is 64.5 cm³/mol. The normalized spacial score (nSPS) is 13.6. The molecule has 1 aromatic rings. The summed E-state index contributed by atoms with van der Waals surface area (Å²) in [5, 5.41) is 8.74. The van der Waals surface area contributed by atoms with E-state index >= 15 is 0 Å². The summed E-state index contributed by atoms with van der Waals surface area (Å²) >= 11 is 0. The van der Waals surface area contributed by atoms with E-state index in [1.165, 1.54) is 0 Å². The van der Waals surface area contributed by atoms with Crippen molar-refractivity contribution < 1.29 is 14.7 Å². The predicted octanol–water partition coefficient (Wildman–Crippen LogP) is 2.55. The van der Waals surface area contributed by atoms with Gasteiger partial charge in [0.05, 0.1) is 0 Å². The number of carboxylic acid groups (broad SMARTS) is 1. The highest BCUT2D eigenvalue weighted by Gasteiger charge is 2.29. The van der Waals surface area contributed by atoms with Crippen molar-refractivity contribution in [3.63, 3.8) is 0 Å². The summed E-state index contributed by atoms with van der Waals surface area (Å²) in [6.07, 6.45) is 2.15. The molecule has 1 saturated carbocycles. The summed E-state index contributed by atoms with van der Waals surface area (Å²) in [5.74, 6) is -1.31. The van der Waals surface area contributed by atoms with Crippen LogP contribution in [-0.4, -0.2) is 16.9 Å². The molecule has 0 saturated heterocycles. The average Bonchev–Trinajstić information content (AvgIpc) is 3.11. The number of aliphatic carboxylic acids is 1. The smallest absolute Gasteiger partial charge is 0.339 e. The molecule has 1 fully saturated rings. The first-order valence-electron chi connectivity index (χ1n) is 5.17. The van der Waals surface area contributed by atoms with Gasteiger partial charge in [0.15, 0.2) is 5.78 Å². The molecule has 17 heavy (non-hydrogen) atoms. The largest absolute Gasteiger partial charge is 0.478 e. The first-order valence-corrected chi connectivity index (χ1v) is 5.17. The number of Topliss-reactive ketones (excluding diaryl/α,β-unsaturated/α-hetero) is 1. The Balaban J connectivity index is 0.00000144. The fraction of sp³-hybridized carbons (Fsp3) is 0.231. The molecule has 90 valence electrons. The molecule has 4 nitrogen and oxygen atoms in total. The van der Waals surface area contributed by atoms with Gasteiger partial charge in [0, 0.05) is 5.56 Å². The van der Waals surface area contributed by atoms with Crippen LogP contribution < -0.4 is 6.15 Å².